The van der Waals surface area contributed by atoms with Crippen LogP contribution in [0.4, 0.5) is 10.6 Å². The number of alkyl halides is 1. The SMILES string of the molecule is Cn1c(N(CCCCl)C(=O)OC(C)(C)C)cc(=O)n(C)c1=O. The maximum atomic E-state index is 12.4. The lowest BCUT2D eigenvalue weighted by atomic mass is 10.2. The average molecular weight is 332 g/mol. The molecule has 1 heterocycles. The van der Waals surface area contributed by atoms with Crippen LogP contribution in [0.25, 0.3) is 0 Å². The van der Waals surface area contributed by atoms with E-state index < -0.39 is 22.9 Å². The molecule has 0 saturated carbocycles. The van der Waals surface area contributed by atoms with Crippen LogP contribution in [0.2, 0.25) is 0 Å². The summed E-state index contributed by atoms with van der Waals surface area (Å²) in [6.45, 7) is 5.48. The highest BCUT2D eigenvalue weighted by atomic mass is 35.5. The van der Waals surface area contributed by atoms with Crippen molar-refractivity contribution in [3.63, 3.8) is 0 Å². The van der Waals surface area contributed by atoms with Gasteiger partial charge in [-0.2, -0.15) is 0 Å². The number of amides is 1. The van der Waals surface area contributed by atoms with Crippen LogP contribution >= 0.6 is 11.6 Å². The van der Waals surface area contributed by atoms with Crippen molar-refractivity contribution < 1.29 is 9.53 Å². The van der Waals surface area contributed by atoms with E-state index >= 15 is 0 Å². The Balaban J connectivity index is 3.32. The van der Waals surface area contributed by atoms with Gasteiger partial charge in [0, 0.05) is 32.6 Å². The predicted molar refractivity (Wildman–Crippen MR) is 85.8 cm³/mol. The van der Waals surface area contributed by atoms with E-state index in [2.05, 4.69) is 0 Å². The molecule has 124 valence electrons. The highest BCUT2D eigenvalue weighted by molar-refractivity contribution is 6.17. The predicted octanol–water partition coefficient (Wildman–Crippen LogP) is 1.45. The largest absolute Gasteiger partial charge is 0.443 e. The minimum Gasteiger partial charge on any atom is -0.443 e. The molecule has 0 aliphatic carbocycles. The molecule has 0 N–H and O–H groups in total. The summed E-state index contributed by atoms with van der Waals surface area (Å²) in [5.41, 5.74) is -1.69. The van der Waals surface area contributed by atoms with E-state index in [1.807, 2.05) is 0 Å². The zero-order valence-corrected chi connectivity index (χ0v) is 14.3. The van der Waals surface area contributed by atoms with Gasteiger partial charge in [0.25, 0.3) is 5.56 Å². The third-order valence-corrected chi connectivity index (χ3v) is 3.17. The number of rotatable bonds is 4. The Morgan fingerprint density at radius 1 is 1.27 bits per heavy atom. The lowest BCUT2D eigenvalue weighted by molar-refractivity contribution is 0.0578. The molecular formula is C14H22ClN3O4. The zero-order chi connectivity index (χ0) is 17.1. The molecule has 0 saturated heterocycles. The average Bonchev–Trinajstić information content (AvgIpc) is 2.40. The van der Waals surface area contributed by atoms with Gasteiger partial charge in [0.15, 0.2) is 0 Å². The molecule has 0 aromatic carbocycles. The van der Waals surface area contributed by atoms with Crippen LogP contribution in [0, 0.1) is 0 Å². The van der Waals surface area contributed by atoms with Gasteiger partial charge >= 0.3 is 11.8 Å². The molecule has 22 heavy (non-hydrogen) atoms. The molecule has 0 spiro atoms. The monoisotopic (exact) mass is 331 g/mol. The molecular weight excluding hydrogens is 310 g/mol. The Morgan fingerprint density at radius 3 is 2.36 bits per heavy atom. The molecule has 8 heteroatoms. The smallest absolute Gasteiger partial charge is 0.415 e. The van der Waals surface area contributed by atoms with Crippen LogP contribution in [0.3, 0.4) is 0 Å². The zero-order valence-electron chi connectivity index (χ0n) is 13.6. The van der Waals surface area contributed by atoms with E-state index in [4.69, 9.17) is 16.3 Å². The molecule has 0 radical (unpaired) electrons. The Morgan fingerprint density at radius 2 is 1.86 bits per heavy atom. The fraction of sp³-hybridized carbons (Fsp3) is 0.643. The van der Waals surface area contributed by atoms with Gasteiger partial charge in [-0.25, -0.2) is 9.59 Å². The van der Waals surface area contributed by atoms with Gasteiger partial charge in [-0.1, -0.05) is 0 Å². The quantitative estimate of drug-likeness (QED) is 0.783. The number of halogens is 1. The molecule has 0 aliphatic rings. The first-order valence-corrected chi connectivity index (χ1v) is 7.45. The second-order valence-corrected chi connectivity index (χ2v) is 6.29. The van der Waals surface area contributed by atoms with E-state index in [9.17, 15) is 14.4 Å². The van der Waals surface area contributed by atoms with Crippen LogP contribution < -0.4 is 16.1 Å². The van der Waals surface area contributed by atoms with Crippen molar-refractivity contribution in [1.29, 1.82) is 0 Å². The van der Waals surface area contributed by atoms with E-state index in [1.54, 1.807) is 20.8 Å². The van der Waals surface area contributed by atoms with Gasteiger partial charge in [-0.3, -0.25) is 18.8 Å². The lowest BCUT2D eigenvalue weighted by Gasteiger charge is -2.28. The number of nitrogens with zero attached hydrogens (tertiary/aromatic N) is 3. The van der Waals surface area contributed by atoms with Gasteiger partial charge in [0.2, 0.25) is 0 Å². The molecule has 0 aliphatic heterocycles. The van der Waals surface area contributed by atoms with Gasteiger partial charge in [-0.15, -0.1) is 11.6 Å². The van der Waals surface area contributed by atoms with Crippen LogP contribution in [-0.4, -0.2) is 33.3 Å². The molecule has 1 aromatic rings. The van der Waals surface area contributed by atoms with Gasteiger partial charge in [-0.05, 0) is 27.2 Å². The Hall–Kier alpha value is -1.76. The molecule has 1 aromatic heterocycles. The number of anilines is 1. The Labute approximate surface area is 134 Å². The van der Waals surface area contributed by atoms with Gasteiger partial charge < -0.3 is 4.74 Å². The lowest BCUT2D eigenvalue weighted by Crippen LogP contribution is -2.44. The summed E-state index contributed by atoms with van der Waals surface area (Å²) >= 11 is 5.69. The summed E-state index contributed by atoms with van der Waals surface area (Å²) in [5, 5.41) is 0. The second kappa shape index (κ2) is 7.00. The van der Waals surface area contributed by atoms with E-state index in [0.717, 1.165) is 4.57 Å². The standard InChI is InChI=1S/C14H22ClN3O4/c1-14(2,3)22-13(21)18(8-6-7-15)10-9-11(19)17(5)12(20)16(10)4/h9H,6-8H2,1-5H3. The van der Waals surface area contributed by atoms with Crippen molar-refractivity contribution >= 4 is 23.5 Å². The summed E-state index contributed by atoms with van der Waals surface area (Å²) in [6, 6.07) is 1.24. The molecule has 7 nitrogen and oxygen atoms in total. The normalized spacial score (nSPS) is 11.4. The summed E-state index contributed by atoms with van der Waals surface area (Å²) in [6.07, 6.45) is -0.120. The Bertz CT molecular complexity index is 658. The molecule has 1 amide bonds. The third kappa shape index (κ3) is 4.37. The van der Waals surface area contributed by atoms with E-state index in [-0.39, 0.29) is 12.4 Å². The molecule has 0 unspecified atom stereocenters. The van der Waals surface area contributed by atoms with Gasteiger partial charge in [0.05, 0.1) is 0 Å². The fourth-order valence-corrected chi connectivity index (χ4v) is 1.93. The number of hydrogen-bond acceptors (Lipinski definition) is 4. The molecule has 1 rings (SSSR count). The first kappa shape index (κ1) is 18.3. The van der Waals surface area contributed by atoms with Crippen molar-refractivity contribution in [2.45, 2.75) is 32.8 Å². The van der Waals surface area contributed by atoms with Crippen molar-refractivity contribution in [3.8, 4) is 0 Å². The summed E-state index contributed by atoms with van der Waals surface area (Å²) in [5.74, 6) is 0.533. The fourth-order valence-electron chi connectivity index (χ4n) is 1.81. The number of aromatic nitrogens is 2. The molecule has 0 atom stereocenters. The van der Waals surface area contributed by atoms with Crippen LogP contribution in [0.5, 0.6) is 0 Å². The minimum atomic E-state index is -0.686. The highest BCUT2D eigenvalue weighted by Gasteiger charge is 2.25. The van der Waals surface area contributed by atoms with Crippen molar-refractivity contribution in [3.05, 3.63) is 26.9 Å². The summed E-state index contributed by atoms with van der Waals surface area (Å²) in [7, 11) is 2.88. The highest BCUT2D eigenvalue weighted by Crippen LogP contribution is 2.16. The summed E-state index contributed by atoms with van der Waals surface area (Å²) in [4.78, 5) is 37.5. The van der Waals surface area contributed by atoms with Crippen molar-refractivity contribution in [2.75, 3.05) is 17.3 Å². The topological polar surface area (TPSA) is 73.5 Å². The number of carbonyl (C=O) groups is 1. The minimum absolute atomic E-state index is 0.187. The number of hydrogen-bond donors (Lipinski definition) is 0. The first-order chi connectivity index (χ1) is 10.1. The van der Waals surface area contributed by atoms with Crippen molar-refractivity contribution in [1.82, 2.24) is 9.13 Å². The molecule has 0 bridgehead atoms. The van der Waals surface area contributed by atoms with E-state index in [1.165, 1.54) is 29.6 Å². The van der Waals surface area contributed by atoms with E-state index in [0.29, 0.717) is 12.3 Å². The summed E-state index contributed by atoms with van der Waals surface area (Å²) < 4.78 is 7.54. The second-order valence-electron chi connectivity index (χ2n) is 5.92. The first-order valence-electron chi connectivity index (χ1n) is 6.92. The number of ether oxygens (including phenoxy) is 1. The Kier molecular flexibility index (Phi) is 5.82. The maximum Gasteiger partial charge on any atom is 0.415 e. The van der Waals surface area contributed by atoms with Crippen molar-refractivity contribution in [2.24, 2.45) is 14.1 Å². The number of carbonyl (C=O) groups excluding carboxylic acids is 1. The van der Waals surface area contributed by atoms with Crippen LogP contribution in [0.1, 0.15) is 27.2 Å². The van der Waals surface area contributed by atoms with Crippen LogP contribution in [-0.2, 0) is 18.8 Å². The maximum absolute atomic E-state index is 12.4. The van der Waals surface area contributed by atoms with Crippen LogP contribution in [0.15, 0.2) is 15.7 Å². The molecule has 0 fully saturated rings. The van der Waals surface area contributed by atoms with Gasteiger partial charge in [0.1, 0.15) is 11.4 Å². The third-order valence-electron chi connectivity index (χ3n) is 2.91.